The summed E-state index contributed by atoms with van der Waals surface area (Å²) in [6.45, 7) is 4.15. The first-order chi connectivity index (χ1) is 15.1. The maximum absolute atomic E-state index is 13.3. The summed E-state index contributed by atoms with van der Waals surface area (Å²) >= 11 is 1.48. The van der Waals surface area contributed by atoms with Crippen molar-refractivity contribution in [3.8, 4) is 5.75 Å². The molecule has 1 atom stereocenters. The van der Waals surface area contributed by atoms with Crippen molar-refractivity contribution < 1.29 is 18.7 Å². The van der Waals surface area contributed by atoms with Crippen molar-refractivity contribution >= 4 is 17.2 Å². The SMILES string of the molecule is Cc1ccsc1C(=O)N(Cc1ccc(OCc2cccc(F)c2)cc1)C[C@@H]1CCCO1. The van der Waals surface area contributed by atoms with Crippen LogP contribution in [-0.4, -0.2) is 30.1 Å². The quantitative estimate of drug-likeness (QED) is 0.459. The van der Waals surface area contributed by atoms with Crippen LogP contribution in [-0.2, 0) is 17.9 Å². The molecule has 0 bridgehead atoms. The van der Waals surface area contributed by atoms with Crippen LogP contribution < -0.4 is 4.74 Å². The molecule has 0 N–H and O–H groups in total. The highest BCUT2D eigenvalue weighted by atomic mass is 32.1. The first-order valence-corrected chi connectivity index (χ1v) is 11.4. The average molecular weight is 440 g/mol. The molecule has 1 aliphatic heterocycles. The Hall–Kier alpha value is -2.70. The third-order valence-corrected chi connectivity index (χ3v) is 6.39. The Bertz CT molecular complexity index is 1010. The van der Waals surface area contributed by atoms with Crippen LogP contribution in [0.5, 0.6) is 5.75 Å². The van der Waals surface area contributed by atoms with Crippen molar-refractivity contribution in [1.82, 2.24) is 4.90 Å². The van der Waals surface area contributed by atoms with Gasteiger partial charge in [0.1, 0.15) is 18.2 Å². The van der Waals surface area contributed by atoms with Gasteiger partial charge in [0.25, 0.3) is 5.91 Å². The summed E-state index contributed by atoms with van der Waals surface area (Å²) in [6, 6.07) is 16.1. The lowest BCUT2D eigenvalue weighted by Gasteiger charge is -2.25. The minimum absolute atomic E-state index is 0.0504. The molecule has 0 radical (unpaired) electrons. The molecule has 1 fully saturated rings. The largest absolute Gasteiger partial charge is 0.489 e. The van der Waals surface area contributed by atoms with E-state index in [1.807, 2.05) is 53.6 Å². The number of rotatable bonds is 8. The van der Waals surface area contributed by atoms with Crippen molar-refractivity contribution in [2.45, 2.75) is 39.0 Å². The summed E-state index contributed by atoms with van der Waals surface area (Å²) in [7, 11) is 0. The van der Waals surface area contributed by atoms with Gasteiger partial charge in [0.15, 0.2) is 0 Å². The van der Waals surface area contributed by atoms with Gasteiger partial charge in [-0.1, -0.05) is 24.3 Å². The maximum Gasteiger partial charge on any atom is 0.264 e. The van der Waals surface area contributed by atoms with E-state index in [-0.39, 0.29) is 17.8 Å². The molecule has 2 aromatic carbocycles. The third kappa shape index (κ3) is 5.71. The Balaban J connectivity index is 1.42. The van der Waals surface area contributed by atoms with Gasteiger partial charge < -0.3 is 14.4 Å². The van der Waals surface area contributed by atoms with Crippen molar-refractivity contribution in [1.29, 1.82) is 0 Å². The minimum atomic E-state index is -0.270. The summed E-state index contributed by atoms with van der Waals surface area (Å²) < 4.78 is 24.9. The van der Waals surface area contributed by atoms with Gasteiger partial charge in [-0.15, -0.1) is 11.3 Å². The van der Waals surface area contributed by atoms with E-state index in [1.165, 1.54) is 23.5 Å². The van der Waals surface area contributed by atoms with E-state index in [4.69, 9.17) is 9.47 Å². The summed E-state index contributed by atoms with van der Waals surface area (Å²) in [5.41, 5.74) is 2.82. The number of thiophene rings is 1. The lowest BCUT2D eigenvalue weighted by molar-refractivity contribution is 0.0510. The van der Waals surface area contributed by atoms with E-state index in [0.29, 0.717) is 25.4 Å². The molecule has 4 nitrogen and oxygen atoms in total. The molecule has 6 heteroatoms. The summed E-state index contributed by atoms with van der Waals surface area (Å²) in [4.78, 5) is 15.9. The number of hydrogen-bond donors (Lipinski definition) is 0. The van der Waals surface area contributed by atoms with Crippen LogP contribution in [0, 0.1) is 12.7 Å². The van der Waals surface area contributed by atoms with Gasteiger partial charge in [0, 0.05) is 19.7 Å². The van der Waals surface area contributed by atoms with Crippen molar-refractivity contribution in [2.75, 3.05) is 13.2 Å². The number of ether oxygens (including phenoxy) is 2. The van der Waals surface area contributed by atoms with Crippen LogP contribution in [0.1, 0.15) is 39.2 Å². The van der Waals surface area contributed by atoms with Crippen LogP contribution in [0.25, 0.3) is 0 Å². The molecular weight excluding hydrogens is 413 g/mol. The van der Waals surface area contributed by atoms with Crippen molar-refractivity contribution in [3.63, 3.8) is 0 Å². The Morgan fingerprint density at radius 2 is 2.03 bits per heavy atom. The monoisotopic (exact) mass is 439 g/mol. The minimum Gasteiger partial charge on any atom is -0.489 e. The zero-order valence-electron chi connectivity index (χ0n) is 17.6. The molecule has 1 amide bonds. The summed E-state index contributed by atoms with van der Waals surface area (Å²) in [6.07, 6.45) is 2.13. The molecule has 0 aliphatic carbocycles. The number of benzene rings is 2. The second-order valence-electron chi connectivity index (χ2n) is 7.82. The number of amides is 1. The standard InChI is InChI=1S/C25H26FNO3S/c1-18-11-13-31-24(18)25(28)27(16-23-6-3-12-29-23)15-19-7-9-22(10-8-19)30-17-20-4-2-5-21(26)14-20/h2,4-5,7-11,13-14,23H,3,6,12,15-17H2,1H3/t23-/m0/s1. The predicted octanol–water partition coefficient (Wildman–Crippen LogP) is 5.60. The van der Waals surface area contributed by atoms with Crippen LogP contribution >= 0.6 is 11.3 Å². The topological polar surface area (TPSA) is 38.8 Å². The second kappa shape index (κ2) is 10.1. The number of carbonyl (C=O) groups excluding carboxylic acids is 1. The molecule has 2 heterocycles. The van der Waals surface area contributed by atoms with Gasteiger partial charge in [0.05, 0.1) is 11.0 Å². The number of aryl methyl sites for hydroxylation is 1. The van der Waals surface area contributed by atoms with E-state index in [1.54, 1.807) is 6.07 Å². The molecule has 162 valence electrons. The highest BCUT2D eigenvalue weighted by Gasteiger charge is 2.25. The highest BCUT2D eigenvalue weighted by Crippen LogP contribution is 2.23. The predicted molar refractivity (Wildman–Crippen MR) is 120 cm³/mol. The van der Waals surface area contributed by atoms with E-state index in [9.17, 15) is 9.18 Å². The summed E-state index contributed by atoms with van der Waals surface area (Å²) in [5, 5.41) is 1.96. The molecule has 4 rings (SSSR count). The molecule has 1 saturated heterocycles. The zero-order valence-corrected chi connectivity index (χ0v) is 18.4. The van der Waals surface area contributed by atoms with Gasteiger partial charge >= 0.3 is 0 Å². The van der Waals surface area contributed by atoms with Crippen LogP contribution in [0.2, 0.25) is 0 Å². The van der Waals surface area contributed by atoms with Gasteiger partial charge in [-0.05, 0) is 72.2 Å². The average Bonchev–Trinajstić information content (AvgIpc) is 3.44. The van der Waals surface area contributed by atoms with Gasteiger partial charge in [0.2, 0.25) is 0 Å². The second-order valence-corrected chi connectivity index (χ2v) is 8.73. The van der Waals surface area contributed by atoms with Gasteiger partial charge in [-0.3, -0.25) is 4.79 Å². The van der Waals surface area contributed by atoms with Crippen LogP contribution in [0.15, 0.2) is 60.0 Å². The first kappa shape index (κ1) is 21.5. The molecule has 1 aromatic heterocycles. The highest BCUT2D eigenvalue weighted by molar-refractivity contribution is 7.12. The Kier molecular flexibility index (Phi) is 6.99. The molecule has 3 aromatic rings. The van der Waals surface area contributed by atoms with E-state index in [0.717, 1.165) is 41.0 Å². The van der Waals surface area contributed by atoms with E-state index >= 15 is 0 Å². The summed E-state index contributed by atoms with van der Waals surface area (Å²) in [5.74, 6) is 0.488. The van der Waals surface area contributed by atoms with Gasteiger partial charge in [-0.25, -0.2) is 4.39 Å². The van der Waals surface area contributed by atoms with E-state index in [2.05, 4.69) is 0 Å². The Morgan fingerprint density at radius 1 is 1.19 bits per heavy atom. The molecule has 1 aliphatic rings. The smallest absolute Gasteiger partial charge is 0.264 e. The Morgan fingerprint density at radius 3 is 2.71 bits per heavy atom. The van der Waals surface area contributed by atoms with E-state index < -0.39 is 0 Å². The maximum atomic E-state index is 13.3. The van der Waals surface area contributed by atoms with Crippen molar-refractivity contribution in [3.05, 3.63) is 87.4 Å². The third-order valence-electron chi connectivity index (χ3n) is 5.38. The fraction of sp³-hybridized carbons (Fsp3) is 0.320. The first-order valence-electron chi connectivity index (χ1n) is 10.5. The fourth-order valence-corrected chi connectivity index (χ4v) is 4.59. The number of carbonyl (C=O) groups is 1. The normalized spacial score (nSPS) is 15.7. The van der Waals surface area contributed by atoms with Gasteiger partial charge in [-0.2, -0.15) is 0 Å². The zero-order chi connectivity index (χ0) is 21.6. The molecule has 0 saturated carbocycles. The number of hydrogen-bond acceptors (Lipinski definition) is 4. The Labute approximate surface area is 186 Å². The molecule has 31 heavy (non-hydrogen) atoms. The molecule has 0 unspecified atom stereocenters. The van der Waals surface area contributed by atoms with Crippen LogP contribution in [0.4, 0.5) is 4.39 Å². The van der Waals surface area contributed by atoms with Crippen LogP contribution in [0.3, 0.4) is 0 Å². The fourth-order valence-electron chi connectivity index (χ4n) is 3.69. The number of nitrogens with zero attached hydrogens (tertiary/aromatic N) is 1. The number of halogens is 1. The molecular formula is C25H26FNO3S. The molecule has 0 spiro atoms. The lowest BCUT2D eigenvalue weighted by Crippen LogP contribution is -2.36. The lowest BCUT2D eigenvalue weighted by atomic mass is 10.1. The van der Waals surface area contributed by atoms with Crippen molar-refractivity contribution in [2.24, 2.45) is 0 Å².